The van der Waals surface area contributed by atoms with Gasteiger partial charge in [0.1, 0.15) is 6.61 Å². The van der Waals surface area contributed by atoms with Crippen LogP contribution in [0.25, 0.3) is 0 Å². The van der Waals surface area contributed by atoms with Gasteiger partial charge in [-0.3, -0.25) is 0 Å². The van der Waals surface area contributed by atoms with E-state index in [0.29, 0.717) is 38.3 Å². The van der Waals surface area contributed by atoms with E-state index in [4.69, 9.17) is 9.84 Å². The molecule has 0 aliphatic rings. The van der Waals surface area contributed by atoms with E-state index in [-0.39, 0.29) is 19.5 Å². The second kappa shape index (κ2) is 22.6. The summed E-state index contributed by atoms with van der Waals surface area (Å²) in [4.78, 5) is 48.2. The molecule has 4 atom stereocenters. The van der Waals surface area contributed by atoms with Crippen molar-refractivity contribution in [3.63, 3.8) is 0 Å². The van der Waals surface area contributed by atoms with E-state index >= 15 is 0 Å². The quantitative estimate of drug-likeness (QED) is 0.0800. The summed E-state index contributed by atoms with van der Waals surface area (Å²) in [5.41, 5.74) is 2.09. The van der Waals surface area contributed by atoms with Gasteiger partial charge in [0.05, 0.1) is 0 Å². The molecule has 0 aromatic heterocycles. The maximum atomic E-state index is 12.9. The van der Waals surface area contributed by atoms with Crippen LogP contribution in [0.1, 0.15) is 48.5 Å². The molecule has 3 aromatic rings. The summed E-state index contributed by atoms with van der Waals surface area (Å²) < 4.78 is 26.0. The number of ether oxygens (including phenoxy) is 1. The molecule has 0 heterocycles. The monoisotopic (exact) mass is 658 g/mol. The van der Waals surface area contributed by atoms with Crippen LogP contribution >= 0.6 is 0 Å². The number of amides is 2. The molecule has 0 aliphatic heterocycles. The molecule has 0 radical (unpaired) electrons. The Balaban J connectivity index is 0.000000476. The van der Waals surface area contributed by atoms with Crippen molar-refractivity contribution in [1.82, 2.24) is 21.3 Å². The summed E-state index contributed by atoms with van der Waals surface area (Å²) >= 11 is 0. The first-order valence-corrected chi connectivity index (χ1v) is 15.3. The van der Waals surface area contributed by atoms with Gasteiger partial charge in [0.25, 0.3) is 0 Å². The van der Waals surface area contributed by atoms with Gasteiger partial charge in [-0.15, -0.1) is 0 Å². The normalized spacial score (nSPS) is 12.7. The van der Waals surface area contributed by atoms with Crippen LogP contribution in [0.15, 0.2) is 91.0 Å². The molecule has 0 saturated heterocycles. The van der Waals surface area contributed by atoms with Gasteiger partial charge in [0.15, 0.2) is 0 Å². The summed E-state index contributed by atoms with van der Waals surface area (Å²) in [5.74, 6) is -2.92. The molecule has 252 valence electrons. The van der Waals surface area contributed by atoms with Crippen molar-refractivity contribution in [2.45, 2.75) is 50.6 Å². The predicted octanol–water partition coefficient (Wildman–Crippen LogP) is 1.24. The van der Waals surface area contributed by atoms with Crippen LogP contribution in [0, 0.1) is 0 Å². The van der Waals surface area contributed by atoms with Crippen LogP contribution in [0.4, 0.5) is 0 Å². The number of benzene rings is 3. The number of aliphatic hydroxyl groups excluding tert-OH is 1. The molecular formula is C33H40B2N4O9. The van der Waals surface area contributed by atoms with E-state index in [9.17, 15) is 33.7 Å². The van der Waals surface area contributed by atoms with Crippen molar-refractivity contribution in [2.24, 2.45) is 0 Å². The fourth-order valence-electron chi connectivity index (χ4n) is 4.45. The second-order valence-corrected chi connectivity index (χ2v) is 10.4. The number of carboxylic acids is 1. The average Bonchev–Trinajstić information content (AvgIpc) is 3.11. The third-order valence-electron chi connectivity index (χ3n) is 6.81. The van der Waals surface area contributed by atoms with Gasteiger partial charge in [-0.1, -0.05) is 30.3 Å². The zero-order chi connectivity index (χ0) is 35.1. The minimum atomic E-state index is -1.58. The minimum absolute atomic E-state index is 0.0336. The zero-order valence-corrected chi connectivity index (χ0v) is 26.6. The van der Waals surface area contributed by atoms with Gasteiger partial charge in [-0.2, -0.15) is 0 Å². The number of nitrogens with one attached hydrogen (secondary N) is 4. The Kier molecular flexibility index (Phi) is 18.5. The number of hydrogen-bond donors (Lipinski definition) is 6. The molecule has 0 aliphatic carbocycles. The zero-order valence-electron chi connectivity index (χ0n) is 26.6. The Bertz CT molecular complexity index is 1440. The van der Waals surface area contributed by atoms with Gasteiger partial charge in [-0.25, -0.2) is 0 Å². The fraction of sp³-hybridized carbons (Fsp3) is 0.333. The third kappa shape index (κ3) is 14.3. The van der Waals surface area contributed by atoms with E-state index < -0.39 is 54.5 Å². The first-order valence-electron chi connectivity index (χ1n) is 15.3. The standard InChI is InChI=1S/C24H30BN3O6.C9H10BNO3/c1-2-9-19(28-23(31)21(27-16-25-33)18-12-7-4-8-13-18)22(30)24(32)26-14-20(29)34-15-17-10-5-3-6-11-17;12-9(13)8(11-6-10-14)7-4-2-1-3-5-7/h3-8,10-13,19,21-22,27,30H,2,9,14-16H2,1H3,(H,26,32)(H,28,31);1-5,8,11H,6H2,(H,12,13)/t19?,21-,22?;8-/m00/s1. The second-order valence-electron chi connectivity index (χ2n) is 10.4. The Morgan fingerprint density at radius 1 is 0.750 bits per heavy atom. The van der Waals surface area contributed by atoms with Crippen LogP contribution in [0.5, 0.6) is 0 Å². The van der Waals surface area contributed by atoms with E-state index in [1.54, 1.807) is 66.7 Å². The Morgan fingerprint density at radius 3 is 1.75 bits per heavy atom. The van der Waals surface area contributed by atoms with Crippen LogP contribution < -0.4 is 21.3 Å². The molecule has 3 rings (SSSR count). The van der Waals surface area contributed by atoms with Crippen LogP contribution in [-0.2, 0) is 39.9 Å². The summed E-state index contributed by atoms with van der Waals surface area (Å²) in [6.45, 7) is 1.51. The first kappa shape index (κ1) is 39.3. The SMILES string of the molecule is CCCC(NC(=O)[C@@H](NCB=O)c1ccccc1)C(O)C(=O)NCC(=O)OCc1ccccc1.O=BCN[C@H](C(=O)O)c1ccccc1. The van der Waals surface area contributed by atoms with Gasteiger partial charge < -0.3 is 0 Å². The van der Waals surface area contributed by atoms with Gasteiger partial charge >= 0.3 is 238 Å². The van der Waals surface area contributed by atoms with E-state index in [0.717, 1.165) is 5.56 Å². The number of aliphatic carboxylic acids is 1. The number of hydrogen-bond acceptors (Lipinski definition) is 10. The molecule has 0 bridgehead atoms. The van der Waals surface area contributed by atoms with Gasteiger partial charge in [0, 0.05) is 0 Å². The molecule has 0 fully saturated rings. The van der Waals surface area contributed by atoms with Crippen molar-refractivity contribution >= 4 is 38.1 Å². The predicted molar refractivity (Wildman–Crippen MR) is 177 cm³/mol. The van der Waals surface area contributed by atoms with E-state index in [2.05, 4.69) is 21.3 Å². The first-order chi connectivity index (χ1) is 23.2. The Hall–Kier alpha value is -4.85. The average molecular weight is 658 g/mol. The number of carbonyl (C=O) groups excluding carboxylic acids is 3. The van der Waals surface area contributed by atoms with Crippen molar-refractivity contribution < 1.29 is 43.5 Å². The number of esters is 1. The molecule has 0 saturated carbocycles. The molecule has 3 aromatic carbocycles. The van der Waals surface area contributed by atoms with E-state index in [1.807, 2.05) is 31.2 Å². The van der Waals surface area contributed by atoms with Crippen molar-refractivity contribution in [3.8, 4) is 0 Å². The topological polar surface area (TPSA) is 200 Å². The van der Waals surface area contributed by atoms with E-state index in [1.165, 1.54) is 0 Å². The van der Waals surface area contributed by atoms with Gasteiger partial charge in [0.2, 0.25) is 0 Å². The summed E-state index contributed by atoms with van der Waals surface area (Å²) in [6.07, 6.45) is -0.667. The molecular weight excluding hydrogens is 618 g/mol. The van der Waals surface area contributed by atoms with Crippen molar-refractivity contribution in [3.05, 3.63) is 108 Å². The van der Waals surface area contributed by atoms with Gasteiger partial charge in [-0.05, 0) is 5.56 Å². The molecule has 6 N–H and O–H groups in total. The Morgan fingerprint density at radius 2 is 1.25 bits per heavy atom. The number of carboxylic acid groups (broad SMARTS) is 1. The summed E-state index contributed by atoms with van der Waals surface area (Å²) in [7, 11) is 1.28. The summed E-state index contributed by atoms with van der Waals surface area (Å²) in [6, 6.07) is 24.1. The summed E-state index contributed by atoms with van der Waals surface area (Å²) in [5, 5.41) is 29.9. The van der Waals surface area contributed by atoms with Crippen LogP contribution in [0.3, 0.4) is 0 Å². The third-order valence-corrected chi connectivity index (χ3v) is 6.81. The number of carbonyl (C=O) groups is 4. The van der Waals surface area contributed by atoms with Crippen LogP contribution in [0.2, 0.25) is 0 Å². The van der Waals surface area contributed by atoms with Crippen LogP contribution in [-0.4, -0.2) is 79.8 Å². The molecule has 0 spiro atoms. The molecule has 48 heavy (non-hydrogen) atoms. The molecule has 15 heteroatoms. The molecule has 2 amide bonds. The van der Waals surface area contributed by atoms with Crippen molar-refractivity contribution in [1.29, 1.82) is 0 Å². The molecule has 2 unspecified atom stereocenters. The number of aliphatic hydroxyl groups is 1. The maximum absolute atomic E-state index is 12.9. The number of rotatable bonds is 19. The van der Waals surface area contributed by atoms with Crippen molar-refractivity contribution in [2.75, 3.05) is 19.4 Å². The fourth-order valence-corrected chi connectivity index (χ4v) is 4.45. The Labute approximate surface area is 280 Å². The molecule has 13 nitrogen and oxygen atoms in total.